The minimum absolute atomic E-state index is 0.0862. The summed E-state index contributed by atoms with van der Waals surface area (Å²) in [5.74, 6) is 0.557. The molecule has 0 spiro atoms. The molecular weight excluding hydrogens is 334 g/mol. The van der Waals surface area contributed by atoms with Gasteiger partial charge in [0.1, 0.15) is 5.75 Å². The van der Waals surface area contributed by atoms with Crippen LogP contribution in [0, 0.1) is 10.1 Å². The average molecular weight is 343 g/mol. The number of benzene rings is 2. The van der Waals surface area contributed by atoms with E-state index in [0.717, 1.165) is 5.56 Å². The van der Waals surface area contributed by atoms with Crippen LogP contribution in [0.3, 0.4) is 0 Å². The second-order valence-corrected chi connectivity index (χ2v) is 4.69. The van der Waals surface area contributed by atoms with Crippen molar-refractivity contribution in [3.8, 4) is 11.5 Å². The van der Waals surface area contributed by atoms with Gasteiger partial charge in [-0.1, -0.05) is 45.7 Å². The van der Waals surface area contributed by atoms with Gasteiger partial charge in [0.2, 0.25) is 5.75 Å². The summed E-state index contributed by atoms with van der Waals surface area (Å²) in [5, 5.41) is 12.0. The van der Waals surface area contributed by atoms with Gasteiger partial charge in [-0.05, 0) is 23.8 Å². The van der Waals surface area contributed by atoms with E-state index in [2.05, 4.69) is 15.9 Å². The van der Waals surface area contributed by atoms with Gasteiger partial charge in [0, 0.05) is 11.4 Å². The van der Waals surface area contributed by atoms with Crippen LogP contribution < -0.4 is 4.74 Å². The topological polar surface area (TPSA) is 52.4 Å². The van der Waals surface area contributed by atoms with Crippen LogP contribution in [0.4, 0.5) is 5.69 Å². The molecule has 0 bridgehead atoms. The van der Waals surface area contributed by atoms with E-state index in [1.165, 1.54) is 6.07 Å². The molecule has 2 aromatic rings. The van der Waals surface area contributed by atoms with Crippen LogP contribution in [-0.2, 0) is 5.33 Å². The molecule has 0 saturated carbocycles. The monoisotopic (exact) mass is 341 g/mol. The standard InChI is InChI=1S/C13H9BrClNO3/c14-8-9-5-6-13(11(7-9)16(17)18)19-12-4-2-1-3-10(12)15/h1-7H,8H2. The normalized spacial score (nSPS) is 10.2. The van der Waals surface area contributed by atoms with E-state index < -0.39 is 4.92 Å². The van der Waals surface area contributed by atoms with Gasteiger partial charge >= 0.3 is 5.69 Å². The average Bonchev–Trinajstić information content (AvgIpc) is 2.41. The molecule has 0 N–H and O–H groups in total. The summed E-state index contributed by atoms with van der Waals surface area (Å²) in [5.41, 5.74) is 0.718. The fraction of sp³-hybridized carbons (Fsp3) is 0.0769. The SMILES string of the molecule is O=[N+]([O-])c1cc(CBr)ccc1Oc1ccccc1Cl. The molecule has 98 valence electrons. The Balaban J connectivity index is 2.40. The molecule has 4 nitrogen and oxygen atoms in total. The van der Waals surface area contributed by atoms with Crippen molar-refractivity contribution in [3.05, 3.63) is 63.2 Å². The first-order valence-corrected chi connectivity index (χ1v) is 6.87. The van der Waals surface area contributed by atoms with Crippen LogP contribution >= 0.6 is 27.5 Å². The Morgan fingerprint density at radius 3 is 2.58 bits per heavy atom. The predicted molar refractivity (Wildman–Crippen MR) is 77.3 cm³/mol. The van der Waals surface area contributed by atoms with Gasteiger partial charge in [0.15, 0.2) is 0 Å². The lowest BCUT2D eigenvalue weighted by molar-refractivity contribution is -0.385. The zero-order valence-electron chi connectivity index (χ0n) is 9.68. The van der Waals surface area contributed by atoms with Gasteiger partial charge in [-0.2, -0.15) is 0 Å². The van der Waals surface area contributed by atoms with Crippen LogP contribution in [-0.4, -0.2) is 4.92 Å². The zero-order valence-corrected chi connectivity index (χ0v) is 12.0. The van der Waals surface area contributed by atoms with Crippen LogP contribution in [0.5, 0.6) is 11.5 Å². The van der Waals surface area contributed by atoms with E-state index in [0.29, 0.717) is 16.1 Å². The highest BCUT2D eigenvalue weighted by Crippen LogP contribution is 2.35. The number of rotatable bonds is 4. The fourth-order valence-electron chi connectivity index (χ4n) is 1.52. The Morgan fingerprint density at radius 1 is 1.21 bits per heavy atom. The second kappa shape index (κ2) is 6.04. The van der Waals surface area contributed by atoms with E-state index >= 15 is 0 Å². The highest BCUT2D eigenvalue weighted by atomic mass is 79.9. The maximum absolute atomic E-state index is 11.0. The number of halogens is 2. The van der Waals surface area contributed by atoms with Crippen LogP contribution in [0.1, 0.15) is 5.56 Å². The van der Waals surface area contributed by atoms with Gasteiger partial charge in [0.05, 0.1) is 9.95 Å². The summed E-state index contributed by atoms with van der Waals surface area (Å²) >= 11 is 9.22. The first kappa shape index (κ1) is 13.8. The number of hydrogen-bond donors (Lipinski definition) is 0. The lowest BCUT2D eigenvalue weighted by Gasteiger charge is -2.08. The Morgan fingerprint density at radius 2 is 1.95 bits per heavy atom. The number of nitro benzene ring substituents is 1. The van der Waals surface area contributed by atoms with E-state index in [-0.39, 0.29) is 11.4 Å². The molecule has 19 heavy (non-hydrogen) atoms. The number of ether oxygens (including phenoxy) is 1. The number of hydrogen-bond acceptors (Lipinski definition) is 3. The zero-order chi connectivity index (χ0) is 13.8. The van der Waals surface area contributed by atoms with Crippen molar-refractivity contribution >= 4 is 33.2 Å². The molecule has 2 aromatic carbocycles. The second-order valence-electron chi connectivity index (χ2n) is 3.73. The molecule has 0 radical (unpaired) electrons. The number of nitrogens with zero attached hydrogens (tertiary/aromatic N) is 1. The first-order chi connectivity index (χ1) is 9.11. The molecule has 2 rings (SSSR count). The van der Waals surface area contributed by atoms with Crippen molar-refractivity contribution in [1.29, 1.82) is 0 Å². The number of para-hydroxylation sites is 1. The van der Waals surface area contributed by atoms with Crippen LogP contribution in [0.15, 0.2) is 42.5 Å². The van der Waals surface area contributed by atoms with Gasteiger partial charge in [-0.15, -0.1) is 0 Å². The molecular formula is C13H9BrClNO3. The smallest absolute Gasteiger partial charge is 0.311 e. The molecule has 0 unspecified atom stereocenters. The van der Waals surface area contributed by atoms with Gasteiger partial charge in [-0.3, -0.25) is 10.1 Å². The summed E-state index contributed by atoms with van der Waals surface area (Å²) in [6.07, 6.45) is 0. The highest BCUT2D eigenvalue weighted by molar-refractivity contribution is 9.08. The number of nitro groups is 1. The van der Waals surface area contributed by atoms with Crippen molar-refractivity contribution in [2.24, 2.45) is 0 Å². The summed E-state index contributed by atoms with van der Waals surface area (Å²) in [6.45, 7) is 0. The minimum Gasteiger partial charge on any atom is -0.449 e. The van der Waals surface area contributed by atoms with Crippen molar-refractivity contribution in [2.45, 2.75) is 5.33 Å². The third-order valence-electron chi connectivity index (χ3n) is 2.43. The van der Waals surface area contributed by atoms with E-state index in [4.69, 9.17) is 16.3 Å². The van der Waals surface area contributed by atoms with E-state index in [1.807, 2.05) is 0 Å². The molecule has 0 aromatic heterocycles. The Hall–Kier alpha value is -1.59. The molecule has 0 atom stereocenters. The predicted octanol–water partition coefficient (Wildman–Crippen LogP) is 4.94. The van der Waals surface area contributed by atoms with Gasteiger partial charge in [-0.25, -0.2) is 0 Å². The Bertz CT molecular complexity index is 619. The van der Waals surface area contributed by atoms with Crippen molar-refractivity contribution in [1.82, 2.24) is 0 Å². The molecule has 0 aliphatic carbocycles. The van der Waals surface area contributed by atoms with Gasteiger partial charge < -0.3 is 4.74 Å². The highest BCUT2D eigenvalue weighted by Gasteiger charge is 2.17. The van der Waals surface area contributed by atoms with Crippen molar-refractivity contribution in [2.75, 3.05) is 0 Å². The third-order valence-corrected chi connectivity index (χ3v) is 3.39. The minimum atomic E-state index is -0.474. The van der Waals surface area contributed by atoms with E-state index in [1.54, 1.807) is 36.4 Å². The maximum Gasteiger partial charge on any atom is 0.311 e. The maximum atomic E-state index is 11.0. The van der Waals surface area contributed by atoms with Crippen molar-refractivity contribution in [3.63, 3.8) is 0 Å². The van der Waals surface area contributed by atoms with E-state index in [9.17, 15) is 10.1 Å². The van der Waals surface area contributed by atoms with Crippen LogP contribution in [0.25, 0.3) is 0 Å². The summed E-state index contributed by atoms with van der Waals surface area (Å²) in [4.78, 5) is 10.6. The lowest BCUT2D eigenvalue weighted by atomic mass is 10.2. The van der Waals surface area contributed by atoms with Gasteiger partial charge in [0.25, 0.3) is 0 Å². The molecule has 0 aliphatic heterocycles. The molecule has 0 aliphatic rings. The molecule has 0 heterocycles. The molecule has 0 fully saturated rings. The Kier molecular flexibility index (Phi) is 4.39. The fourth-order valence-corrected chi connectivity index (χ4v) is 2.04. The largest absolute Gasteiger partial charge is 0.449 e. The van der Waals surface area contributed by atoms with Crippen molar-refractivity contribution < 1.29 is 9.66 Å². The Labute approximate surface area is 123 Å². The summed E-state index contributed by atoms with van der Waals surface area (Å²) in [7, 11) is 0. The summed E-state index contributed by atoms with van der Waals surface area (Å²) < 4.78 is 5.51. The summed E-state index contributed by atoms with van der Waals surface area (Å²) in [6, 6.07) is 11.6. The lowest BCUT2D eigenvalue weighted by Crippen LogP contribution is -1.95. The van der Waals surface area contributed by atoms with Crippen LogP contribution in [0.2, 0.25) is 5.02 Å². The quantitative estimate of drug-likeness (QED) is 0.449. The molecule has 0 saturated heterocycles. The third kappa shape index (κ3) is 3.24. The first-order valence-electron chi connectivity index (χ1n) is 5.37. The molecule has 0 amide bonds. The molecule has 6 heteroatoms. The number of alkyl halides is 1.